The van der Waals surface area contributed by atoms with Gasteiger partial charge in [-0.25, -0.2) is 15.0 Å². The van der Waals surface area contributed by atoms with E-state index < -0.39 is 0 Å². The number of hydrogen-bond donors (Lipinski definition) is 1. The summed E-state index contributed by atoms with van der Waals surface area (Å²) in [4.78, 5) is 15.7. The lowest BCUT2D eigenvalue weighted by molar-refractivity contribution is 1.05. The molecule has 3 rings (SSSR count). The summed E-state index contributed by atoms with van der Waals surface area (Å²) >= 11 is 0. The Bertz CT molecular complexity index is 625. The van der Waals surface area contributed by atoms with Crippen LogP contribution in [0.5, 0.6) is 0 Å². The monoisotopic (exact) mass is 210 g/mol. The Balaban J connectivity index is 2.14. The molecule has 4 heteroatoms. The van der Waals surface area contributed by atoms with E-state index in [2.05, 4.69) is 26.0 Å². The highest BCUT2D eigenvalue weighted by atomic mass is 14.9. The van der Waals surface area contributed by atoms with Gasteiger partial charge in [-0.1, -0.05) is 0 Å². The van der Waals surface area contributed by atoms with Crippen molar-refractivity contribution in [2.75, 3.05) is 0 Å². The molecule has 0 atom stereocenters. The predicted octanol–water partition coefficient (Wildman–Crippen LogP) is 2.33. The maximum absolute atomic E-state index is 4.33. The molecule has 0 saturated carbocycles. The van der Waals surface area contributed by atoms with Gasteiger partial charge in [0.25, 0.3) is 0 Å². The van der Waals surface area contributed by atoms with Crippen LogP contribution in [0.15, 0.2) is 36.9 Å². The van der Waals surface area contributed by atoms with E-state index in [4.69, 9.17) is 0 Å². The van der Waals surface area contributed by atoms with Gasteiger partial charge in [0.2, 0.25) is 0 Å². The number of hydrogen-bond acceptors (Lipinski definition) is 3. The van der Waals surface area contributed by atoms with Crippen LogP contribution in [0.25, 0.3) is 22.2 Å². The highest BCUT2D eigenvalue weighted by molar-refractivity contribution is 5.80. The van der Waals surface area contributed by atoms with E-state index in [-0.39, 0.29) is 0 Å². The molecule has 0 aliphatic rings. The average Bonchev–Trinajstić information content (AvgIpc) is 2.77. The summed E-state index contributed by atoms with van der Waals surface area (Å²) in [6.07, 6.45) is 7.34. The van der Waals surface area contributed by atoms with E-state index in [1.165, 1.54) is 0 Å². The van der Waals surface area contributed by atoms with Crippen LogP contribution in [0.3, 0.4) is 0 Å². The fourth-order valence-corrected chi connectivity index (χ4v) is 1.64. The Morgan fingerprint density at radius 1 is 1.00 bits per heavy atom. The molecule has 0 unspecified atom stereocenters. The molecular formula is C12H10N4. The third kappa shape index (κ3) is 1.44. The number of aryl methyl sites for hydroxylation is 1. The zero-order valence-corrected chi connectivity index (χ0v) is 8.81. The normalized spacial score (nSPS) is 10.8. The standard InChI is InChI=1S/C12H10N4/c1-8-14-6-11(7-15-8)10-4-9-2-3-13-12(9)16-5-10/h2-7H,1H3,(H,13,16). The minimum absolute atomic E-state index is 0.777. The lowest BCUT2D eigenvalue weighted by atomic mass is 10.1. The van der Waals surface area contributed by atoms with Gasteiger partial charge in [-0.15, -0.1) is 0 Å². The van der Waals surface area contributed by atoms with E-state index in [0.29, 0.717) is 0 Å². The molecule has 1 N–H and O–H groups in total. The quantitative estimate of drug-likeness (QED) is 0.670. The Hall–Kier alpha value is -2.23. The zero-order valence-electron chi connectivity index (χ0n) is 8.81. The fourth-order valence-electron chi connectivity index (χ4n) is 1.64. The summed E-state index contributed by atoms with van der Waals surface area (Å²) in [5.41, 5.74) is 2.92. The van der Waals surface area contributed by atoms with Crippen molar-refractivity contribution in [3.05, 3.63) is 42.7 Å². The Labute approximate surface area is 92.4 Å². The number of nitrogens with zero attached hydrogens (tertiary/aromatic N) is 3. The second-order valence-electron chi connectivity index (χ2n) is 3.66. The Morgan fingerprint density at radius 2 is 1.75 bits per heavy atom. The third-order valence-electron chi connectivity index (χ3n) is 2.51. The van der Waals surface area contributed by atoms with Crippen molar-refractivity contribution in [3.8, 4) is 11.1 Å². The second-order valence-corrected chi connectivity index (χ2v) is 3.66. The molecule has 0 bridgehead atoms. The molecule has 0 amide bonds. The van der Waals surface area contributed by atoms with Crippen LogP contribution in [0, 0.1) is 6.92 Å². The van der Waals surface area contributed by atoms with Gasteiger partial charge in [-0.05, 0) is 19.1 Å². The number of aromatic nitrogens is 4. The largest absolute Gasteiger partial charge is 0.346 e. The van der Waals surface area contributed by atoms with Crippen LogP contribution >= 0.6 is 0 Å². The van der Waals surface area contributed by atoms with Crippen molar-refractivity contribution >= 4 is 11.0 Å². The summed E-state index contributed by atoms with van der Waals surface area (Å²) in [5.74, 6) is 0.777. The van der Waals surface area contributed by atoms with Gasteiger partial charge in [0.1, 0.15) is 11.5 Å². The van der Waals surface area contributed by atoms with Crippen molar-refractivity contribution in [1.29, 1.82) is 0 Å². The molecule has 3 aromatic heterocycles. The molecule has 0 aliphatic heterocycles. The molecule has 0 saturated heterocycles. The molecule has 0 spiro atoms. The van der Waals surface area contributed by atoms with E-state index in [9.17, 15) is 0 Å². The van der Waals surface area contributed by atoms with Crippen molar-refractivity contribution in [2.45, 2.75) is 6.92 Å². The predicted molar refractivity (Wildman–Crippen MR) is 61.9 cm³/mol. The third-order valence-corrected chi connectivity index (χ3v) is 2.51. The molecular weight excluding hydrogens is 200 g/mol. The molecule has 0 fully saturated rings. The first-order valence-corrected chi connectivity index (χ1v) is 5.05. The van der Waals surface area contributed by atoms with Crippen LogP contribution in [-0.2, 0) is 0 Å². The SMILES string of the molecule is Cc1ncc(-c2cnc3[nH]ccc3c2)cn1. The van der Waals surface area contributed by atoms with Crippen LogP contribution in [0.2, 0.25) is 0 Å². The number of nitrogens with one attached hydrogen (secondary N) is 1. The van der Waals surface area contributed by atoms with Gasteiger partial charge in [-0.3, -0.25) is 0 Å². The summed E-state index contributed by atoms with van der Waals surface area (Å²) in [5, 5.41) is 1.10. The van der Waals surface area contributed by atoms with Crippen LogP contribution < -0.4 is 0 Å². The number of H-pyrrole nitrogens is 1. The maximum Gasteiger partial charge on any atom is 0.137 e. The van der Waals surface area contributed by atoms with Crippen LogP contribution in [-0.4, -0.2) is 19.9 Å². The van der Waals surface area contributed by atoms with Gasteiger partial charge in [0, 0.05) is 41.3 Å². The van der Waals surface area contributed by atoms with Gasteiger partial charge in [-0.2, -0.15) is 0 Å². The van der Waals surface area contributed by atoms with Crippen molar-refractivity contribution in [3.63, 3.8) is 0 Å². The van der Waals surface area contributed by atoms with E-state index in [0.717, 1.165) is 28.0 Å². The van der Waals surface area contributed by atoms with Crippen molar-refractivity contribution in [2.24, 2.45) is 0 Å². The molecule has 0 radical (unpaired) electrons. The average molecular weight is 210 g/mol. The molecule has 16 heavy (non-hydrogen) atoms. The summed E-state index contributed by atoms with van der Waals surface area (Å²) in [6, 6.07) is 4.08. The minimum atomic E-state index is 0.777. The number of aromatic amines is 1. The lowest BCUT2D eigenvalue weighted by Crippen LogP contribution is -1.88. The van der Waals surface area contributed by atoms with E-state index >= 15 is 0 Å². The number of rotatable bonds is 1. The molecule has 4 nitrogen and oxygen atoms in total. The van der Waals surface area contributed by atoms with Gasteiger partial charge in [0.05, 0.1) is 0 Å². The molecule has 0 aromatic carbocycles. The zero-order chi connectivity index (χ0) is 11.0. The van der Waals surface area contributed by atoms with Crippen LogP contribution in [0.4, 0.5) is 0 Å². The summed E-state index contributed by atoms with van der Waals surface area (Å²) in [7, 11) is 0. The Kier molecular flexibility index (Phi) is 1.93. The molecule has 78 valence electrons. The molecule has 3 aromatic rings. The second kappa shape index (κ2) is 3.41. The topological polar surface area (TPSA) is 54.5 Å². The highest BCUT2D eigenvalue weighted by Crippen LogP contribution is 2.20. The smallest absolute Gasteiger partial charge is 0.137 e. The van der Waals surface area contributed by atoms with E-state index in [1.54, 1.807) is 0 Å². The first-order chi connectivity index (χ1) is 7.83. The van der Waals surface area contributed by atoms with Crippen molar-refractivity contribution < 1.29 is 0 Å². The summed E-state index contributed by atoms with van der Waals surface area (Å²) < 4.78 is 0. The lowest BCUT2D eigenvalue weighted by Gasteiger charge is -2.00. The maximum atomic E-state index is 4.33. The first kappa shape index (κ1) is 9.03. The van der Waals surface area contributed by atoms with Gasteiger partial charge in [0.15, 0.2) is 0 Å². The Morgan fingerprint density at radius 3 is 2.56 bits per heavy atom. The summed E-state index contributed by atoms with van der Waals surface area (Å²) in [6.45, 7) is 1.87. The minimum Gasteiger partial charge on any atom is -0.346 e. The first-order valence-electron chi connectivity index (χ1n) is 5.05. The van der Waals surface area contributed by atoms with Gasteiger partial charge < -0.3 is 4.98 Å². The van der Waals surface area contributed by atoms with Crippen molar-refractivity contribution in [1.82, 2.24) is 19.9 Å². The number of pyridine rings is 1. The van der Waals surface area contributed by atoms with Crippen LogP contribution in [0.1, 0.15) is 5.82 Å². The number of fused-ring (bicyclic) bond motifs is 1. The van der Waals surface area contributed by atoms with E-state index in [1.807, 2.05) is 37.8 Å². The highest BCUT2D eigenvalue weighted by Gasteiger charge is 2.02. The molecule has 3 heterocycles. The van der Waals surface area contributed by atoms with Gasteiger partial charge >= 0.3 is 0 Å². The molecule has 0 aliphatic carbocycles. The fraction of sp³-hybridized carbons (Fsp3) is 0.0833.